The molecule has 0 radical (unpaired) electrons. The SMILES string of the molecule is CCCNc1cc(OCCN2CCCCC2)ccn1. The van der Waals surface area contributed by atoms with Crippen LogP contribution in [0.5, 0.6) is 5.75 Å². The molecule has 1 aromatic rings. The van der Waals surface area contributed by atoms with E-state index in [1.165, 1.54) is 32.4 Å². The van der Waals surface area contributed by atoms with Crippen molar-refractivity contribution >= 4 is 5.82 Å². The number of piperidine rings is 1. The number of anilines is 1. The molecule has 1 aliphatic heterocycles. The summed E-state index contributed by atoms with van der Waals surface area (Å²) in [5, 5.41) is 3.27. The number of pyridine rings is 1. The van der Waals surface area contributed by atoms with Crippen LogP contribution in [0.15, 0.2) is 18.3 Å². The van der Waals surface area contributed by atoms with Gasteiger partial charge in [-0.3, -0.25) is 4.90 Å². The van der Waals surface area contributed by atoms with E-state index >= 15 is 0 Å². The maximum atomic E-state index is 5.81. The van der Waals surface area contributed by atoms with Gasteiger partial charge < -0.3 is 10.1 Å². The van der Waals surface area contributed by atoms with Gasteiger partial charge in [-0.05, 0) is 38.4 Å². The van der Waals surface area contributed by atoms with Crippen LogP contribution in [0.2, 0.25) is 0 Å². The van der Waals surface area contributed by atoms with Crippen LogP contribution in [0.3, 0.4) is 0 Å². The maximum Gasteiger partial charge on any atom is 0.129 e. The van der Waals surface area contributed by atoms with Gasteiger partial charge in [0, 0.05) is 25.4 Å². The van der Waals surface area contributed by atoms with Crippen molar-refractivity contribution in [3.63, 3.8) is 0 Å². The molecule has 1 saturated heterocycles. The highest BCUT2D eigenvalue weighted by molar-refractivity contribution is 5.40. The molecule has 2 heterocycles. The van der Waals surface area contributed by atoms with Gasteiger partial charge in [0.05, 0.1) is 0 Å². The normalized spacial score (nSPS) is 16.3. The zero-order valence-electron chi connectivity index (χ0n) is 11.9. The number of likely N-dealkylation sites (tertiary alicyclic amines) is 1. The van der Waals surface area contributed by atoms with E-state index < -0.39 is 0 Å². The smallest absolute Gasteiger partial charge is 0.129 e. The Labute approximate surface area is 116 Å². The van der Waals surface area contributed by atoms with Crippen LogP contribution >= 0.6 is 0 Å². The van der Waals surface area contributed by atoms with Gasteiger partial charge in [0.2, 0.25) is 0 Å². The second-order valence-corrected chi connectivity index (χ2v) is 5.05. The van der Waals surface area contributed by atoms with Crippen LogP contribution in [0.4, 0.5) is 5.82 Å². The summed E-state index contributed by atoms with van der Waals surface area (Å²) in [7, 11) is 0. The lowest BCUT2D eigenvalue weighted by Crippen LogP contribution is -2.33. The Morgan fingerprint density at radius 2 is 2.16 bits per heavy atom. The van der Waals surface area contributed by atoms with Gasteiger partial charge in [0.1, 0.15) is 18.2 Å². The van der Waals surface area contributed by atoms with Crippen molar-refractivity contribution in [1.29, 1.82) is 0 Å². The van der Waals surface area contributed by atoms with Gasteiger partial charge in [-0.1, -0.05) is 13.3 Å². The molecule has 4 heteroatoms. The van der Waals surface area contributed by atoms with Crippen LogP contribution < -0.4 is 10.1 Å². The second-order valence-electron chi connectivity index (χ2n) is 5.05. The highest BCUT2D eigenvalue weighted by Gasteiger charge is 2.09. The van der Waals surface area contributed by atoms with Crippen molar-refractivity contribution in [2.75, 3.05) is 38.1 Å². The molecule has 1 aromatic heterocycles. The fraction of sp³-hybridized carbons (Fsp3) is 0.667. The van der Waals surface area contributed by atoms with Crippen molar-refractivity contribution < 1.29 is 4.74 Å². The number of nitrogens with zero attached hydrogens (tertiary/aromatic N) is 2. The molecule has 19 heavy (non-hydrogen) atoms. The summed E-state index contributed by atoms with van der Waals surface area (Å²) in [6.45, 7) is 7.33. The van der Waals surface area contributed by atoms with E-state index in [4.69, 9.17) is 4.74 Å². The lowest BCUT2D eigenvalue weighted by Gasteiger charge is -2.26. The Kier molecular flexibility index (Phi) is 5.95. The standard InChI is InChI=1S/C15H25N3O/c1-2-7-16-15-13-14(6-8-17-15)19-12-11-18-9-4-3-5-10-18/h6,8,13H,2-5,7,9-12H2,1H3,(H,16,17). The minimum atomic E-state index is 0.761. The number of hydrogen-bond acceptors (Lipinski definition) is 4. The van der Waals surface area contributed by atoms with Crippen molar-refractivity contribution in [3.8, 4) is 5.75 Å². The largest absolute Gasteiger partial charge is 0.492 e. The molecule has 0 bridgehead atoms. The average Bonchev–Trinajstić information content (AvgIpc) is 2.47. The topological polar surface area (TPSA) is 37.4 Å². The van der Waals surface area contributed by atoms with E-state index in [2.05, 4.69) is 22.1 Å². The molecule has 0 spiro atoms. The summed E-state index contributed by atoms with van der Waals surface area (Å²) in [5.74, 6) is 1.81. The Morgan fingerprint density at radius 1 is 1.32 bits per heavy atom. The summed E-state index contributed by atoms with van der Waals surface area (Å²) in [5.41, 5.74) is 0. The van der Waals surface area contributed by atoms with Crippen LogP contribution in [0.25, 0.3) is 0 Å². The number of rotatable bonds is 7. The van der Waals surface area contributed by atoms with Crippen molar-refractivity contribution in [2.45, 2.75) is 32.6 Å². The first-order valence-corrected chi connectivity index (χ1v) is 7.43. The van der Waals surface area contributed by atoms with Crippen LogP contribution in [0.1, 0.15) is 32.6 Å². The number of hydrogen-bond donors (Lipinski definition) is 1. The maximum absolute atomic E-state index is 5.81. The van der Waals surface area contributed by atoms with E-state index in [1.54, 1.807) is 6.20 Å². The monoisotopic (exact) mass is 263 g/mol. The van der Waals surface area contributed by atoms with E-state index in [1.807, 2.05) is 12.1 Å². The third kappa shape index (κ3) is 5.07. The molecule has 0 aliphatic carbocycles. The van der Waals surface area contributed by atoms with Gasteiger partial charge in [0.25, 0.3) is 0 Å². The molecule has 1 fully saturated rings. The van der Waals surface area contributed by atoms with Gasteiger partial charge in [-0.25, -0.2) is 4.98 Å². The molecule has 0 unspecified atom stereocenters. The highest BCUT2D eigenvalue weighted by Crippen LogP contribution is 2.15. The Morgan fingerprint density at radius 3 is 2.95 bits per heavy atom. The predicted molar refractivity (Wildman–Crippen MR) is 78.8 cm³/mol. The molecule has 2 rings (SSSR count). The third-order valence-electron chi connectivity index (χ3n) is 3.41. The lowest BCUT2D eigenvalue weighted by atomic mass is 10.1. The fourth-order valence-corrected chi connectivity index (χ4v) is 2.33. The van der Waals surface area contributed by atoms with Crippen LogP contribution in [-0.4, -0.2) is 42.7 Å². The summed E-state index contributed by atoms with van der Waals surface area (Å²) in [6, 6.07) is 3.90. The first kappa shape index (κ1) is 14.1. The Hall–Kier alpha value is -1.29. The summed E-state index contributed by atoms with van der Waals surface area (Å²) >= 11 is 0. The molecule has 1 aliphatic rings. The quantitative estimate of drug-likeness (QED) is 0.821. The van der Waals surface area contributed by atoms with Gasteiger partial charge in [0.15, 0.2) is 0 Å². The van der Waals surface area contributed by atoms with Gasteiger partial charge >= 0.3 is 0 Å². The zero-order chi connectivity index (χ0) is 13.3. The number of aromatic nitrogens is 1. The van der Waals surface area contributed by atoms with Crippen LogP contribution in [-0.2, 0) is 0 Å². The highest BCUT2D eigenvalue weighted by atomic mass is 16.5. The fourth-order valence-electron chi connectivity index (χ4n) is 2.33. The number of nitrogens with one attached hydrogen (secondary N) is 1. The first-order chi connectivity index (χ1) is 9.38. The average molecular weight is 263 g/mol. The van der Waals surface area contributed by atoms with E-state index in [0.29, 0.717) is 0 Å². The summed E-state index contributed by atoms with van der Waals surface area (Å²) in [4.78, 5) is 6.76. The minimum absolute atomic E-state index is 0.761. The summed E-state index contributed by atoms with van der Waals surface area (Å²) in [6.07, 6.45) is 6.95. The van der Waals surface area contributed by atoms with Gasteiger partial charge in [-0.2, -0.15) is 0 Å². The Bertz CT molecular complexity index is 364. The molecular formula is C15H25N3O. The third-order valence-corrected chi connectivity index (χ3v) is 3.41. The van der Waals surface area contributed by atoms with Gasteiger partial charge in [-0.15, -0.1) is 0 Å². The molecule has 0 aromatic carbocycles. The van der Waals surface area contributed by atoms with Crippen molar-refractivity contribution in [3.05, 3.63) is 18.3 Å². The molecular weight excluding hydrogens is 238 g/mol. The molecule has 4 nitrogen and oxygen atoms in total. The van der Waals surface area contributed by atoms with Crippen molar-refractivity contribution in [1.82, 2.24) is 9.88 Å². The van der Waals surface area contributed by atoms with Crippen molar-refractivity contribution in [2.24, 2.45) is 0 Å². The predicted octanol–water partition coefficient (Wildman–Crippen LogP) is 2.77. The molecule has 0 amide bonds. The second kappa shape index (κ2) is 8.00. The molecule has 0 saturated carbocycles. The zero-order valence-corrected chi connectivity index (χ0v) is 11.9. The van der Waals surface area contributed by atoms with E-state index in [9.17, 15) is 0 Å². The Balaban J connectivity index is 1.72. The summed E-state index contributed by atoms with van der Waals surface area (Å²) < 4.78 is 5.81. The lowest BCUT2D eigenvalue weighted by molar-refractivity contribution is 0.183. The number of ether oxygens (including phenoxy) is 1. The minimum Gasteiger partial charge on any atom is -0.492 e. The van der Waals surface area contributed by atoms with Crippen LogP contribution in [0, 0.1) is 0 Å². The van der Waals surface area contributed by atoms with E-state index in [-0.39, 0.29) is 0 Å². The first-order valence-electron chi connectivity index (χ1n) is 7.43. The van der Waals surface area contributed by atoms with E-state index in [0.717, 1.165) is 37.7 Å². The molecule has 106 valence electrons. The molecule has 0 atom stereocenters. The molecule has 1 N–H and O–H groups in total.